The first-order valence-corrected chi connectivity index (χ1v) is 6.60. The molecule has 1 amide bonds. The Kier molecular flexibility index (Phi) is 4.66. The summed E-state index contributed by atoms with van der Waals surface area (Å²) in [6.45, 7) is 2.57. The number of benzene rings is 1. The number of amides is 1. The summed E-state index contributed by atoms with van der Waals surface area (Å²) in [5.74, 6) is 1.18. The van der Waals surface area contributed by atoms with Gasteiger partial charge >= 0.3 is 0 Å². The van der Waals surface area contributed by atoms with Crippen LogP contribution >= 0.6 is 12.4 Å². The first-order chi connectivity index (χ1) is 8.83. The zero-order valence-corrected chi connectivity index (χ0v) is 11.6. The maximum absolute atomic E-state index is 12.1. The molecule has 0 bridgehead atoms. The van der Waals surface area contributed by atoms with Crippen molar-refractivity contribution in [1.82, 2.24) is 5.32 Å². The highest BCUT2D eigenvalue weighted by Gasteiger charge is 2.21. The predicted octanol–water partition coefficient (Wildman–Crippen LogP) is 1.98. The summed E-state index contributed by atoms with van der Waals surface area (Å²) in [4.78, 5) is 12.1. The van der Waals surface area contributed by atoms with Gasteiger partial charge in [0.25, 0.3) is 0 Å². The van der Waals surface area contributed by atoms with Crippen molar-refractivity contribution in [3.05, 3.63) is 23.8 Å². The molecule has 2 N–H and O–H groups in total. The molecule has 0 aliphatic carbocycles. The molecule has 1 aromatic rings. The molecule has 104 valence electrons. The normalized spacial score (nSPS) is 20.9. The van der Waals surface area contributed by atoms with Crippen LogP contribution in [0.1, 0.15) is 18.4 Å². The lowest BCUT2D eigenvalue weighted by molar-refractivity contribution is -0.120. The monoisotopic (exact) mass is 282 g/mol. The zero-order valence-electron chi connectivity index (χ0n) is 10.8. The van der Waals surface area contributed by atoms with Crippen molar-refractivity contribution in [3.63, 3.8) is 0 Å². The molecule has 2 heterocycles. The largest absolute Gasteiger partial charge is 0.493 e. The number of nitrogens with one attached hydrogen (secondary N) is 2. The van der Waals surface area contributed by atoms with E-state index in [0.29, 0.717) is 0 Å². The number of hydrogen-bond acceptors (Lipinski definition) is 3. The summed E-state index contributed by atoms with van der Waals surface area (Å²) in [7, 11) is 0. The smallest absolute Gasteiger partial charge is 0.228 e. The van der Waals surface area contributed by atoms with Gasteiger partial charge in [-0.15, -0.1) is 12.4 Å². The number of hydrogen-bond donors (Lipinski definition) is 2. The van der Waals surface area contributed by atoms with Crippen molar-refractivity contribution in [1.29, 1.82) is 0 Å². The van der Waals surface area contributed by atoms with Gasteiger partial charge in [-0.2, -0.15) is 0 Å². The molecule has 1 saturated heterocycles. The third-order valence-electron chi connectivity index (χ3n) is 3.62. The Morgan fingerprint density at radius 1 is 1.42 bits per heavy atom. The highest BCUT2D eigenvalue weighted by atomic mass is 35.5. The van der Waals surface area contributed by atoms with Crippen LogP contribution in [0.2, 0.25) is 0 Å². The average Bonchev–Trinajstić information content (AvgIpc) is 2.87. The SMILES string of the molecule is Cl.O=C(Nc1ccc2c(c1)CCO2)C1CCCNC1. The predicted molar refractivity (Wildman–Crippen MR) is 77.1 cm³/mol. The zero-order chi connectivity index (χ0) is 12.4. The molecule has 5 heteroatoms. The lowest BCUT2D eigenvalue weighted by Gasteiger charge is -2.22. The van der Waals surface area contributed by atoms with Gasteiger partial charge < -0.3 is 15.4 Å². The third-order valence-corrected chi connectivity index (χ3v) is 3.62. The van der Waals surface area contributed by atoms with Crippen molar-refractivity contribution in [2.75, 3.05) is 25.0 Å². The van der Waals surface area contributed by atoms with Crippen LogP contribution in [0.15, 0.2) is 18.2 Å². The fourth-order valence-corrected chi connectivity index (χ4v) is 2.58. The minimum absolute atomic E-state index is 0. The molecule has 2 aliphatic heterocycles. The highest BCUT2D eigenvalue weighted by Crippen LogP contribution is 2.28. The molecule has 1 fully saturated rings. The average molecular weight is 283 g/mol. The number of anilines is 1. The van der Waals surface area contributed by atoms with Crippen molar-refractivity contribution in [2.45, 2.75) is 19.3 Å². The first-order valence-electron chi connectivity index (χ1n) is 6.60. The van der Waals surface area contributed by atoms with Crippen molar-refractivity contribution < 1.29 is 9.53 Å². The van der Waals surface area contributed by atoms with E-state index in [4.69, 9.17) is 4.74 Å². The van der Waals surface area contributed by atoms with E-state index >= 15 is 0 Å². The van der Waals surface area contributed by atoms with E-state index in [2.05, 4.69) is 10.6 Å². The van der Waals surface area contributed by atoms with Crippen LogP contribution in [0.25, 0.3) is 0 Å². The molecule has 19 heavy (non-hydrogen) atoms. The number of ether oxygens (including phenoxy) is 1. The van der Waals surface area contributed by atoms with Crippen LogP contribution in [-0.4, -0.2) is 25.6 Å². The lowest BCUT2D eigenvalue weighted by atomic mass is 9.98. The van der Waals surface area contributed by atoms with Crippen LogP contribution in [0.3, 0.4) is 0 Å². The van der Waals surface area contributed by atoms with E-state index in [1.165, 1.54) is 5.56 Å². The van der Waals surface area contributed by atoms with Gasteiger partial charge in [0.1, 0.15) is 5.75 Å². The molecule has 0 aromatic heterocycles. The molecular weight excluding hydrogens is 264 g/mol. The van der Waals surface area contributed by atoms with E-state index in [1.54, 1.807) is 0 Å². The van der Waals surface area contributed by atoms with Gasteiger partial charge in [-0.1, -0.05) is 0 Å². The fourth-order valence-electron chi connectivity index (χ4n) is 2.58. The number of rotatable bonds is 2. The summed E-state index contributed by atoms with van der Waals surface area (Å²) in [6, 6.07) is 5.88. The minimum Gasteiger partial charge on any atom is -0.493 e. The number of piperidine rings is 1. The Morgan fingerprint density at radius 2 is 2.32 bits per heavy atom. The highest BCUT2D eigenvalue weighted by molar-refractivity contribution is 5.93. The molecular formula is C14H19ClN2O2. The molecule has 1 unspecified atom stereocenters. The van der Waals surface area contributed by atoms with E-state index in [9.17, 15) is 4.79 Å². The van der Waals surface area contributed by atoms with Crippen LogP contribution < -0.4 is 15.4 Å². The molecule has 4 nitrogen and oxygen atoms in total. The molecule has 2 aliphatic rings. The lowest BCUT2D eigenvalue weighted by Crippen LogP contribution is -2.37. The molecule has 0 saturated carbocycles. The number of fused-ring (bicyclic) bond motifs is 1. The fraction of sp³-hybridized carbons (Fsp3) is 0.500. The Morgan fingerprint density at radius 3 is 3.11 bits per heavy atom. The van der Waals surface area contributed by atoms with Crippen LogP contribution in [-0.2, 0) is 11.2 Å². The summed E-state index contributed by atoms with van der Waals surface area (Å²) in [5.41, 5.74) is 2.07. The molecule has 1 atom stereocenters. The maximum atomic E-state index is 12.1. The summed E-state index contributed by atoms with van der Waals surface area (Å²) >= 11 is 0. The van der Waals surface area contributed by atoms with Gasteiger partial charge in [0, 0.05) is 18.7 Å². The van der Waals surface area contributed by atoms with E-state index in [1.807, 2.05) is 18.2 Å². The number of carbonyl (C=O) groups excluding carboxylic acids is 1. The summed E-state index contributed by atoms with van der Waals surface area (Å²) in [5, 5.41) is 6.27. The van der Waals surface area contributed by atoms with Gasteiger partial charge in [-0.05, 0) is 43.1 Å². The van der Waals surface area contributed by atoms with Gasteiger partial charge in [0.15, 0.2) is 0 Å². The standard InChI is InChI=1S/C14H18N2O2.ClH/c17-14(11-2-1-6-15-9-11)16-12-3-4-13-10(8-12)5-7-18-13;/h3-4,8,11,15H,1-2,5-7,9H2,(H,16,17);1H. The topological polar surface area (TPSA) is 50.4 Å². The Balaban J connectivity index is 0.00000133. The van der Waals surface area contributed by atoms with Gasteiger partial charge in [0.2, 0.25) is 5.91 Å². The Labute approximate surface area is 119 Å². The Hall–Kier alpha value is -1.26. The van der Waals surface area contributed by atoms with Crippen molar-refractivity contribution in [3.8, 4) is 5.75 Å². The number of halogens is 1. The van der Waals surface area contributed by atoms with E-state index in [0.717, 1.165) is 50.4 Å². The second kappa shape index (κ2) is 6.26. The van der Waals surface area contributed by atoms with Crippen molar-refractivity contribution in [2.24, 2.45) is 5.92 Å². The van der Waals surface area contributed by atoms with Crippen LogP contribution in [0.5, 0.6) is 5.75 Å². The Bertz CT molecular complexity index is 459. The van der Waals surface area contributed by atoms with E-state index in [-0.39, 0.29) is 24.2 Å². The number of carbonyl (C=O) groups is 1. The third kappa shape index (κ3) is 3.19. The molecule has 0 spiro atoms. The van der Waals surface area contributed by atoms with Gasteiger partial charge in [0.05, 0.1) is 12.5 Å². The molecule has 0 radical (unpaired) electrons. The van der Waals surface area contributed by atoms with Crippen LogP contribution in [0, 0.1) is 5.92 Å². The first kappa shape index (κ1) is 14.2. The molecule has 3 rings (SSSR count). The van der Waals surface area contributed by atoms with E-state index < -0.39 is 0 Å². The van der Waals surface area contributed by atoms with Gasteiger partial charge in [-0.25, -0.2) is 0 Å². The second-order valence-electron chi connectivity index (χ2n) is 4.95. The van der Waals surface area contributed by atoms with Gasteiger partial charge in [-0.3, -0.25) is 4.79 Å². The summed E-state index contributed by atoms with van der Waals surface area (Å²) < 4.78 is 5.45. The summed E-state index contributed by atoms with van der Waals surface area (Å²) in [6.07, 6.45) is 2.99. The van der Waals surface area contributed by atoms with Crippen LogP contribution in [0.4, 0.5) is 5.69 Å². The minimum atomic E-state index is 0. The van der Waals surface area contributed by atoms with Crippen molar-refractivity contribution >= 4 is 24.0 Å². The maximum Gasteiger partial charge on any atom is 0.228 e. The molecule has 1 aromatic carbocycles. The second-order valence-corrected chi connectivity index (χ2v) is 4.95. The quantitative estimate of drug-likeness (QED) is 0.872.